The average molecular weight is 270 g/mol. The maximum atomic E-state index is 6.11. The number of fused-ring (bicyclic) bond motifs is 1. The minimum absolute atomic E-state index is 0.771. The summed E-state index contributed by atoms with van der Waals surface area (Å²) >= 11 is 6.11. The van der Waals surface area contributed by atoms with Crippen LogP contribution < -0.4 is 10.1 Å². The van der Waals surface area contributed by atoms with Crippen LogP contribution in [-0.2, 0) is 17.7 Å². The van der Waals surface area contributed by atoms with Crippen LogP contribution in [-0.4, -0.2) is 26.4 Å². The lowest BCUT2D eigenvalue weighted by Crippen LogP contribution is -2.16. The van der Waals surface area contributed by atoms with Crippen molar-refractivity contribution in [3.8, 4) is 5.75 Å². The normalized spacial score (nSPS) is 13.4. The minimum Gasteiger partial charge on any atom is -0.493 e. The van der Waals surface area contributed by atoms with Crippen LogP contribution in [0, 0.1) is 0 Å². The first-order valence-electron chi connectivity index (χ1n) is 6.54. The third-order valence-corrected chi connectivity index (χ3v) is 3.21. The molecule has 1 aromatic carbocycles. The number of halogens is 1. The van der Waals surface area contributed by atoms with E-state index in [1.165, 1.54) is 5.56 Å². The van der Waals surface area contributed by atoms with Gasteiger partial charge in [0.2, 0.25) is 0 Å². The highest BCUT2D eigenvalue weighted by Crippen LogP contribution is 2.32. The van der Waals surface area contributed by atoms with Gasteiger partial charge in [0.05, 0.1) is 6.61 Å². The van der Waals surface area contributed by atoms with Crippen LogP contribution in [0.25, 0.3) is 0 Å². The summed E-state index contributed by atoms with van der Waals surface area (Å²) in [7, 11) is 0. The maximum absolute atomic E-state index is 6.11. The molecule has 0 atom stereocenters. The van der Waals surface area contributed by atoms with Crippen LogP contribution in [0.2, 0.25) is 5.02 Å². The second kappa shape index (κ2) is 6.98. The molecule has 1 aromatic rings. The predicted octanol–water partition coefficient (Wildman–Crippen LogP) is 2.79. The lowest BCUT2D eigenvalue weighted by molar-refractivity contribution is 0.144. The van der Waals surface area contributed by atoms with Crippen molar-refractivity contribution in [3.05, 3.63) is 28.3 Å². The van der Waals surface area contributed by atoms with Crippen molar-refractivity contribution in [2.24, 2.45) is 0 Å². The Hall–Kier alpha value is -0.770. The molecule has 0 fully saturated rings. The number of rotatable bonds is 7. The van der Waals surface area contributed by atoms with Gasteiger partial charge in [-0.1, -0.05) is 11.6 Å². The van der Waals surface area contributed by atoms with E-state index >= 15 is 0 Å². The van der Waals surface area contributed by atoms with Crippen molar-refractivity contribution in [1.29, 1.82) is 0 Å². The zero-order valence-corrected chi connectivity index (χ0v) is 11.6. The van der Waals surface area contributed by atoms with Crippen LogP contribution in [0.3, 0.4) is 0 Å². The van der Waals surface area contributed by atoms with Gasteiger partial charge in [-0.05, 0) is 37.6 Å². The monoisotopic (exact) mass is 269 g/mol. The molecule has 4 heteroatoms. The minimum atomic E-state index is 0.771. The summed E-state index contributed by atoms with van der Waals surface area (Å²) in [5.74, 6) is 1.02. The molecule has 0 radical (unpaired) electrons. The molecule has 0 aromatic heterocycles. The first-order valence-corrected chi connectivity index (χ1v) is 6.91. The molecular formula is C14H20ClNO2. The molecule has 0 unspecified atom stereocenters. The molecule has 1 heterocycles. The fourth-order valence-electron chi connectivity index (χ4n) is 2.14. The van der Waals surface area contributed by atoms with Crippen molar-refractivity contribution >= 4 is 11.6 Å². The van der Waals surface area contributed by atoms with Gasteiger partial charge < -0.3 is 14.8 Å². The van der Waals surface area contributed by atoms with E-state index in [2.05, 4.69) is 5.32 Å². The van der Waals surface area contributed by atoms with Gasteiger partial charge in [-0.3, -0.25) is 0 Å². The summed E-state index contributed by atoms with van der Waals surface area (Å²) in [5, 5.41) is 4.20. The molecule has 1 aliphatic heterocycles. The standard InChI is InChI=1S/C14H20ClNO2/c1-2-17-6-3-5-16-10-12-9-13(15)8-11-4-7-18-14(11)12/h8-9,16H,2-7,10H2,1H3. The molecule has 0 saturated carbocycles. The lowest BCUT2D eigenvalue weighted by Gasteiger charge is -2.10. The van der Waals surface area contributed by atoms with Gasteiger partial charge in [-0.25, -0.2) is 0 Å². The summed E-state index contributed by atoms with van der Waals surface area (Å²) in [6.45, 7) is 6.13. The molecule has 100 valence electrons. The Kier molecular flexibility index (Phi) is 5.29. The van der Waals surface area contributed by atoms with Gasteiger partial charge >= 0.3 is 0 Å². The van der Waals surface area contributed by atoms with Crippen LogP contribution in [0.1, 0.15) is 24.5 Å². The van der Waals surface area contributed by atoms with Crippen LogP contribution in [0.15, 0.2) is 12.1 Å². The van der Waals surface area contributed by atoms with Crippen molar-refractivity contribution in [2.75, 3.05) is 26.4 Å². The number of hydrogen-bond acceptors (Lipinski definition) is 3. The Morgan fingerprint density at radius 3 is 3.17 bits per heavy atom. The van der Waals surface area contributed by atoms with Gasteiger partial charge in [0.25, 0.3) is 0 Å². The number of hydrogen-bond donors (Lipinski definition) is 1. The SMILES string of the molecule is CCOCCCNCc1cc(Cl)cc2c1OCC2. The fraction of sp³-hybridized carbons (Fsp3) is 0.571. The third-order valence-electron chi connectivity index (χ3n) is 2.99. The second-order valence-corrected chi connectivity index (χ2v) is 4.82. The molecule has 3 nitrogen and oxygen atoms in total. The molecular weight excluding hydrogens is 250 g/mol. The number of ether oxygens (including phenoxy) is 2. The molecule has 0 amide bonds. The van der Waals surface area contributed by atoms with Gasteiger partial charge in [0.15, 0.2) is 0 Å². The Morgan fingerprint density at radius 1 is 1.44 bits per heavy atom. The van der Waals surface area contributed by atoms with Crippen molar-refractivity contribution in [1.82, 2.24) is 5.32 Å². The summed E-state index contributed by atoms with van der Waals surface area (Å²) in [4.78, 5) is 0. The van der Waals surface area contributed by atoms with Gasteiger partial charge in [0, 0.05) is 36.8 Å². The topological polar surface area (TPSA) is 30.5 Å². The van der Waals surface area contributed by atoms with Crippen molar-refractivity contribution in [3.63, 3.8) is 0 Å². The zero-order chi connectivity index (χ0) is 12.8. The van der Waals surface area contributed by atoms with E-state index in [-0.39, 0.29) is 0 Å². The molecule has 1 N–H and O–H groups in total. The van der Waals surface area contributed by atoms with E-state index in [1.807, 2.05) is 19.1 Å². The molecule has 1 aliphatic rings. The average Bonchev–Trinajstić information content (AvgIpc) is 2.81. The summed E-state index contributed by atoms with van der Waals surface area (Å²) < 4.78 is 10.9. The number of benzene rings is 1. The third kappa shape index (κ3) is 3.61. The highest BCUT2D eigenvalue weighted by molar-refractivity contribution is 6.30. The maximum Gasteiger partial charge on any atom is 0.127 e. The van der Waals surface area contributed by atoms with E-state index in [4.69, 9.17) is 21.1 Å². The molecule has 18 heavy (non-hydrogen) atoms. The largest absolute Gasteiger partial charge is 0.493 e. The molecule has 0 spiro atoms. The predicted molar refractivity (Wildman–Crippen MR) is 73.5 cm³/mol. The Morgan fingerprint density at radius 2 is 2.33 bits per heavy atom. The first kappa shape index (κ1) is 13.7. The fourth-order valence-corrected chi connectivity index (χ4v) is 2.41. The van der Waals surface area contributed by atoms with Crippen LogP contribution in [0.4, 0.5) is 0 Å². The van der Waals surface area contributed by atoms with Crippen molar-refractivity contribution in [2.45, 2.75) is 26.3 Å². The Bertz CT molecular complexity index is 396. The van der Waals surface area contributed by atoms with E-state index in [9.17, 15) is 0 Å². The van der Waals surface area contributed by atoms with Crippen molar-refractivity contribution < 1.29 is 9.47 Å². The van der Waals surface area contributed by atoms with Gasteiger partial charge in [-0.15, -0.1) is 0 Å². The zero-order valence-electron chi connectivity index (χ0n) is 10.8. The van der Waals surface area contributed by atoms with E-state index in [0.717, 1.165) is 62.1 Å². The molecule has 0 bridgehead atoms. The van der Waals surface area contributed by atoms with Crippen LogP contribution in [0.5, 0.6) is 5.75 Å². The van der Waals surface area contributed by atoms with Crippen LogP contribution >= 0.6 is 11.6 Å². The second-order valence-electron chi connectivity index (χ2n) is 4.38. The lowest BCUT2D eigenvalue weighted by atomic mass is 10.1. The number of nitrogens with one attached hydrogen (secondary N) is 1. The quantitative estimate of drug-likeness (QED) is 0.772. The van der Waals surface area contributed by atoms with E-state index in [1.54, 1.807) is 0 Å². The Labute approximate surface area is 113 Å². The van der Waals surface area contributed by atoms with E-state index in [0.29, 0.717) is 0 Å². The van der Waals surface area contributed by atoms with E-state index < -0.39 is 0 Å². The summed E-state index contributed by atoms with van der Waals surface area (Å²) in [6, 6.07) is 3.99. The molecule has 0 saturated heterocycles. The Balaban J connectivity index is 1.82. The highest BCUT2D eigenvalue weighted by atomic mass is 35.5. The summed E-state index contributed by atoms with van der Waals surface area (Å²) in [5.41, 5.74) is 2.39. The smallest absolute Gasteiger partial charge is 0.127 e. The van der Waals surface area contributed by atoms with Gasteiger partial charge in [0.1, 0.15) is 5.75 Å². The summed E-state index contributed by atoms with van der Waals surface area (Å²) in [6.07, 6.45) is 1.99. The molecule has 0 aliphatic carbocycles. The molecule has 2 rings (SSSR count). The first-order chi connectivity index (χ1) is 8.81. The highest BCUT2D eigenvalue weighted by Gasteiger charge is 2.16. The van der Waals surface area contributed by atoms with Gasteiger partial charge in [-0.2, -0.15) is 0 Å².